The van der Waals surface area contributed by atoms with E-state index in [0.29, 0.717) is 5.92 Å². The minimum atomic E-state index is 0.480. The van der Waals surface area contributed by atoms with Gasteiger partial charge in [0.25, 0.3) is 0 Å². The van der Waals surface area contributed by atoms with Crippen LogP contribution in [0, 0.1) is 13.8 Å². The molecule has 1 aliphatic heterocycles. The molecule has 0 radical (unpaired) electrons. The predicted molar refractivity (Wildman–Crippen MR) is 72.6 cm³/mol. The van der Waals surface area contributed by atoms with Gasteiger partial charge in [-0.25, -0.2) is 9.97 Å². The van der Waals surface area contributed by atoms with E-state index in [4.69, 9.17) is 4.98 Å². The van der Waals surface area contributed by atoms with Crippen molar-refractivity contribution >= 4 is 0 Å². The molecule has 0 saturated carbocycles. The van der Waals surface area contributed by atoms with Gasteiger partial charge in [0.1, 0.15) is 5.82 Å². The van der Waals surface area contributed by atoms with Crippen LogP contribution < -0.4 is 5.32 Å². The smallest absolute Gasteiger partial charge is 0.134 e. The van der Waals surface area contributed by atoms with Crippen LogP contribution in [-0.2, 0) is 0 Å². The Balaban J connectivity index is 2.03. The molecule has 3 heteroatoms. The van der Waals surface area contributed by atoms with E-state index in [9.17, 15) is 0 Å². The average Bonchev–Trinajstić information content (AvgIpc) is 2.26. The van der Waals surface area contributed by atoms with Crippen LogP contribution in [0.4, 0.5) is 0 Å². The maximum atomic E-state index is 4.72. The second-order valence-electron chi connectivity index (χ2n) is 4.98. The molecule has 3 rings (SSSR count). The lowest BCUT2D eigenvalue weighted by Crippen LogP contribution is -2.41. The summed E-state index contributed by atoms with van der Waals surface area (Å²) in [6, 6.07) is 10.5. The van der Waals surface area contributed by atoms with Gasteiger partial charge >= 0.3 is 0 Å². The molecule has 0 unspecified atom stereocenters. The molecule has 0 atom stereocenters. The van der Waals surface area contributed by atoms with Crippen LogP contribution in [0.1, 0.15) is 23.0 Å². The largest absolute Gasteiger partial charge is 0.315 e. The molecule has 1 fully saturated rings. The standard InChI is InChI=1S/C15H17N3/c1-10-4-3-5-12(6-10)14-7-11(2)17-15(18-14)13-8-16-9-13/h3-7,13,16H,8-9H2,1-2H3. The first-order chi connectivity index (χ1) is 8.72. The van der Waals surface area contributed by atoms with Crippen molar-refractivity contribution in [1.29, 1.82) is 0 Å². The van der Waals surface area contributed by atoms with Crippen molar-refractivity contribution in [3.8, 4) is 11.3 Å². The molecular weight excluding hydrogens is 222 g/mol. The van der Waals surface area contributed by atoms with Crippen LogP contribution in [0.15, 0.2) is 30.3 Å². The van der Waals surface area contributed by atoms with Crippen LogP contribution in [0.25, 0.3) is 11.3 Å². The number of hydrogen-bond acceptors (Lipinski definition) is 3. The van der Waals surface area contributed by atoms with Crippen molar-refractivity contribution < 1.29 is 0 Å². The molecule has 1 N–H and O–H groups in total. The Bertz CT molecular complexity index is 574. The lowest BCUT2D eigenvalue weighted by molar-refractivity contribution is 0.429. The summed E-state index contributed by atoms with van der Waals surface area (Å²) in [5.74, 6) is 1.46. The maximum absolute atomic E-state index is 4.72. The van der Waals surface area contributed by atoms with Gasteiger partial charge in [0.2, 0.25) is 0 Å². The van der Waals surface area contributed by atoms with Crippen LogP contribution in [-0.4, -0.2) is 23.1 Å². The van der Waals surface area contributed by atoms with Crippen LogP contribution >= 0.6 is 0 Å². The monoisotopic (exact) mass is 239 g/mol. The molecular formula is C15H17N3. The molecule has 1 saturated heterocycles. The normalized spacial score (nSPS) is 15.4. The predicted octanol–water partition coefficient (Wildman–Crippen LogP) is 2.45. The summed E-state index contributed by atoms with van der Waals surface area (Å²) < 4.78 is 0. The first-order valence-electron chi connectivity index (χ1n) is 6.36. The zero-order chi connectivity index (χ0) is 12.5. The molecule has 0 bridgehead atoms. The minimum Gasteiger partial charge on any atom is -0.315 e. The molecule has 0 amide bonds. The summed E-state index contributed by atoms with van der Waals surface area (Å²) in [6.07, 6.45) is 0. The van der Waals surface area contributed by atoms with E-state index >= 15 is 0 Å². The lowest BCUT2D eigenvalue weighted by Gasteiger charge is -2.26. The van der Waals surface area contributed by atoms with Crippen molar-refractivity contribution in [2.24, 2.45) is 0 Å². The average molecular weight is 239 g/mol. The van der Waals surface area contributed by atoms with E-state index in [2.05, 4.69) is 47.6 Å². The molecule has 0 spiro atoms. The Labute approximate surface area is 107 Å². The van der Waals surface area contributed by atoms with Gasteiger partial charge in [-0.05, 0) is 26.0 Å². The van der Waals surface area contributed by atoms with Crippen LogP contribution in [0.2, 0.25) is 0 Å². The van der Waals surface area contributed by atoms with Crippen LogP contribution in [0.5, 0.6) is 0 Å². The number of aryl methyl sites for hydroxylation is 2. The summed E-state index contributed by atoms with van der Waals surface area (Å²) in [7, 11) is 0. The highest BCUT2D eigenvalue weighted by atomic mass is 15.0. The van der Waals surface area contributed by atoms with Crippen molar-refractivity contribution in [2.45, 2.75) is 19.8 Å². The Morgan fingerprint density at radius 2 is 1.94 bits per heavy atom. The van der Waals surface area contributed by atoms with Crippen molar-refractivity contribution in [1.82, 2.24) is 15.3 Å². The topological polar surface area (TPSA) is 37.8 Å². The van der Waals surface area contributed by atoms with E-state index in [1.165, 1.54) is 11.1 Å². The Morgan fingerprint density at radius 3 is 2.61 bits per heavy atom. The summed E-state index contributed by atoms with van der Waals surface area (Å²) in [4.78, 5) is 9.27. The lowest BCUT2D eigenvalue weighted by atomic mass is 10.0. The maximum Gasteiger partial charge on any atom is 0.134 e. The molecule has 1 aromatic heterocycles. The first-order valence-corrected chi connectivity index (χ1v) is 6.36. The van der Waals surface area contributed by atoms with Gasteiger partial charge in [-0.1, -0.05) is 23.8 Å². The first kappa shape index (κ1) is 11.4. The van der Waals surface area contributed by atoms with Crippen molar-refractivity contribution in [3.63, 3.8) is 0 Å². The second kappa shape index (κ2) is 4.50. The number of rotatable bonds is 2. The highest BCUT2D eigenvalue weighted by Gasteiger charge is 2.22. The number of benzene rings is 1. The Kier molecular flexibility index (Phi) is 2.84. The molecule has 1 aromatic carbocycles. The van der Waals surface area contributed by atoms with E-state index in [1.807, 2.05) is 6.92 Å². The highest BCUT2D eigenvalue weighted by Crippen LogP contribution is 2.22. The fourth-order valence-corrected chi connectivity index (χ4v) is 2.20. The number of aromatic nitrogens is 2. The Hall–Kier alpha value is -1.74. The molecule has 1 aliphatic rings. The molecule has 92 valence electrons. The van der Waals surface area contributed by atoms with Crippen molar-refractivity contribution in [3.05, 3.63) is 47.4 Å². The summed E-state index contributed by atoms with van der Waals surface area (Å²) in [5.41, 5.74) is 4.51. The zero-order valence-electron chi connectivity index (χ0n) is 10.8. The van der Waals surface area contributed by atoms with Crippen LogP contribution in [0.3, 0.4) is 0 Å². The zero-order valence-corrected chi connectivity index (χ0v) is 10.8. The molecule has 18 heavy (non-hydrogen) atoms. The number of nitrogens with one attached hydrogen (secondary N) is 1. The highest BCUT2D eigenvalue weighted by molar-refractivity contribution is 5.60. The fourth-order valence-electron chi connectivity index (χ4n) is 2.20. The minimum absolute atomic E-state index is 0.480. The van der Waals surface area contributed by atoms with Crippen molar-refractivity contribution in [2.75, 3.05) is 13.1 Å². The molecule has 3 nitrogen and oxygen atoms in total. The number of hydrogen-bond donors (Lipinski definition) is 1. The van der Waals surface area contributed by atoms with Gasteiger partial charge in [0.05, 0.1) is 5.69 Å². The summed E-state index contributed by atoms with van der Waals surface area (Å²) in [5, 5.41) is 3.27. The van der Waals surface area contributed by atoms with Gasteiger partial charge in [-0.3, -0.25) is 0 Å². The molecule has 2 aromatic rings. The summed E-state index contributed by atoms with van der Waals surface area (Å²) >= 11 is 0. The second-order valence-corrected chi connectivity index (χ2v) is 4.98. The number of nitrogens with zero attached hydrogens (tertiary/aromatic N) is 2. The van der Waals surface area contributed by atoms with Gasteiger partial charge in [-0.15, -0.1) is 0 Å². The third-order valence-electron chi connectivity index (χ3n) is 3.33. The molecule has 0 aliphatic carbocycles. The summed E-state index contributed by atoms with van der Waals surface area (Å²) in [6.45, 7) is 6.14. The Morgan fingerprint density at radius 1 is 1.11 bits per heavy atom. The van der Waals surface area contributed by atoms with E-state index in [0.717, 1.165) is 30.3 Å². The van der Waals surface area contributed by atoms with E-state index in [1.54, 1.807) is 0 Å². The van der Waals surface area contributed by atoms with Gasteiger partial charge < -0.3 is 5.32 Å². The quantitative estimate of drug-likeness (QED) is 0.874. The van der Waals surface area contributed by atoms with Gasteiger partial charge in [-0.2, -0.15) is 0 Å². The van der Waals surface area contributed by atoms with Gasteiger partial charge in [0, 0.05) is 30.3 Å². The molecule has 2 heterocycles. The third kappa shape index (κ3) is 2.14. The SMILES string of the molecule is Cc1cccc(-c2cc(C)nc(C3CNC3)n2)c1. The van der Waals surface area contributed by atoms with E-state index in [-0.39, 0.29) is 0 Å². The third-order valence-corrected chi connectivity index (χ3v) is 3.33. The fraction of sp³-hybridized carbons (Fsp3) is 0.333. The van der Waals surface area contributed by atoms with Gasteiger partial charge in [0.15, 0.2) is 0 Å². The van der Waals surface area contributed by atoms with E-state index < -0.39 is 0 Å².